The van der Waals surface area contributed by atoms with Gasteiger partial charge in [-0.05, 0) is 37.1 Å². The molecule has 29 heavy (non-hydrogen) atoms. The summed E-state index contributed by atoms with van der Waals surface area (Å²) in [7, 11) is 0. The van der Waals surface area contributed by atoms with Gasteiger partial charge in [-0.3, -0.25) is 4.68 Å². The molecule has 0 radical (unpaired) electrons. The van der Waals surface area contributed by atoms with Crippen LogP contribution in [-0.4, -0.2) is 29.1 Å². The lowest BCUT2D eigenvalue weighted by Gasteiger charge is -2.09. The molecule has 0 fully saturated rings. The van der Waals surface area contributed by atoms with Gasteiger partial charge in [-0.15, -0.1) is 0 Å². The second-order valence-electron chi connectivity index (χ2n) is 6.93. The number of hydrogen-bond donors (Lipinski definition) is 2. The number of carbonyl (C=O) groups excluding carboxylic acids is 1. The van der Waals surface area contributed by atoms with Crippen molar-refractivity contribution in [1.82, 2.24) is 20.4 Å². The Labute approximate surface area is 169 Å². The molecule has 7 nitrogen and oxygen atoms in total. The van der Waals surface area contributed by atoms with E-state index in [2.05, 4.69) is 34.8 Å². The highest BCUT2D eigenvalue weighted by molar-refractivity contribution is 5.73. The van der Waals surface area contributed by atoms with Gasteiger partial charge in [0.15, 0.2) is 11.5 Å². The quantitative estimate of drug-likeness (QED) is 0.674. The Balaban J connectivity index is 1.28. The summed E-state index contributed by atoms with van der Waals surface area (Å²) >= 11 is 0. The van der Waals surface area contributed by atoms with Gasteiger partial charge in [-0.25, -0.2) is 4.79 Å². The van der Waals surface area contributed by atoms with Gasteiger partial charge in [0.05, 0.1) is 12.2 Å². The van der Waals surface area contributed by atoms with Crippen LogP contribution in [0.1, 0.15) is 17.0 Å². The SMILES string of the molecule is Cc1nn(CCNC(=O)NCc2ccc3c(c2)OCO3)c(C)c1-c1ccccc1. The molecule has 2 aromatic carbocycles. The zero-order valence-electron chi connectivity index (χ0n) is 16.6. The molecule has 150 valence electrons. The zero-order chi connectivity index (χ0) is 20.2. The van der Waals surface area contributed by atoms with E-state index in [-0.39, 0.29) is 12.8 Å². The summed E-state index contributed by atoms with van der Waals surface area (Å²) in [4.78, 5) is 12.1. The number of nitrogens with zero attached hydrogens (tertiary/aromatic N) is 2. The van der Waals surface area contributed by atoms with Crippen LogP contribution in [0.15, 0.2) is 48.5 Å². The Morgan fingerprint density at radius 3 is 2.69 bits per heavy atom. The normalized spacial score (nSPS) is 12.1. The maximum Gasteiger partial charge on any atom is 0.315 e. The Morgan fingerprint density at radius 1 is 1.07 bits per heavy atom. The van der Waals surface area contributed by atoms with Crippen molar-refractivity contribution >= 4 is 6.03 Å². The average molecular weight is 392 g/mol. The van der Waals surface area contributed by atoms with Crippen molar-refractivity contribution in [2.75, 3.05) is 13.3 Å². The van der Waals surface area contributed by atoms with Crippen LogP contribution in [0.2, 0.25) is 0 Å². The minimum Gasteiger partial charge on any atom is -0.454 e. The Hall–Kier alpha value is -3.48. The number of carbonyl (C=O) groups is 1. The Bertz CT molecular complexity index is 1010. The van der Waals surface area contributed by atoms with Gasteiger partial charge in [0, 0.05) is 24.3 Å². The summed E-state index contributed by atoms with van der Waals surface area (Å²) in [5, 5.41) is 10.4. The molecule has 0 saturated heterocycles. The first-order valence-electron chi connectivity index (χ1n) is 9.61. The molecule has 1 aliphatic heterocycles. The standard InChI is InChI=1S/C22H24N4O3/c1-15-21(18-6-4-3-5-7-18)16(2)26(25-15)11-10-23-22(27)24-13-17-8-9-19-20(12-17)29-14-28-19/h3-9,12H,10-11,13-14H2,1-2H3,(H2,23,24,27). The molecule has 0 spiro atoms. The molecule has 0 aliphatic carbocycles. The monoisotopic (exact) mass is 392 g/mol. The number of hydrogen-bond acceptors (Lipinski definition) is 4. The number of urea groups is 1. The topological polar surface area (TPSA) is 77.4 Å². The van der Waals surface area contributed by atoms with E-state index >= 15 is 0 Å². The number of rotatable bonds is 6. The number of benzene rings is 2. The van der Waals surface area contributed by atoms with Crippen LogP contribution >= 0.6 is 0 Å². The van der Waals surface area contributed by atoms with Gasteiger partial charge < -0.3 is 20.1 Å². The molecule has 0 saturated carbocycles. The molecule has 1 aromatic heterocycles. The van der Waals surface area contributed by atoms with Crippen LogP contribution < -0.4 is 20.1 Å². The first-order chi connectivity index (χ1) is 14.1. The van der Waals surface area contributed by atoms with Crippen molar-refractivity contribution in [1.29, 1.82) is 0 Å². The molecule has 7 heteroatoms. The zero-order valence-corrected chi connectivity index (χ0v) is 16.6. The van der Waals surface area contributed by atoms with Gasteiger partial charge in [0.25, 0.3) is 0 Å². The number of aryl methyl sites for hydroxylation is 1. The van der Waals surface area contributed by atoms with Crippen LogP contribution in [0.25, 0.3) is 11.1 Å². The van der Waals surface area contributed by atoms with E-state index in [1.54, 1.807) is 0 Å². The third kappa shape index (κ3) is 4.18. The summed E-state index contributed by atoms with van der Waals surface area (Å²) in [6.07, 6.45) is 0. The summed E-state index contributed by atoms with van der Waals surface area (Å²) in [6, 6.07) is 15.7. The van der Waals surface area contributed by atoms with E-state index < -0.39 is 0 Å². The summed E-state index contributed by atoms with van der Waals surface area (Å²) in [5.74, 6) is 1.45. The highest BCUT2D eigenvalue weighted by Gasteiger charge is 2.14. The number of aromatic nitrogens is 2. The first kappa shape index (κ1) is 18.9. The van der Waals surface area contributed by atoms with Gasteiger partial charge >= 0.3 is 6.03 Å². The van der Waals surface area contributed by atoms with Crippen molar-refractivity contribution in [2.24, 2.45) is 0 Å². The van der Waals surface area contributed by atoms with Gasteiger partial charge in [-0.1, -0.05) is 36.4 Å². The van der Waals surface area contributed by atoms with E-state index in [0.717, 1.165) is 33.8 Å². The maximum atomic E-state index is 12.1. The maximum absolute atomic E-state index is 12.1. The van der Waals surface area contributed by atoms with Crippen LogP contribution in [-0.2, 0) is 13.1 Å². The van der Waals surface area contributed by atoms with Crippen molar-refractivity contribution in [2.45, 2.75) is 26.9 Å². The molecule has 0 bridgehead atoms. The molecule has 2 amide bonds. The molecule has 4 rings (SSSR count). The van der Waals surface area contributed by atoms with Crippen molar-refractivity contribution in [3.8, 4) is 22.6 Å². The van der Waals surface area contributed by atoms with E-state index in [1.807, 2.05) is 48.0 Å². The third-order valence-corrected chi connectivity index (χ3v) is 4.94. The molecular formula is C22H24N4O3. The van der Waals surface area contributed by atoms with Gasteiger partial charge in [0.1, 0.15) is 0 Å². The lowest BCUT2D eigenvalue weighted by Crippen LogP contribution is -2.37. The minimum absolute atomic E-state index is 0.215. The number of amides is 2. The summed E-state index contributed by atoms with van der Waals surface area (Å²) < 4.78 is 12.6. The molecule has 2 heterocycles. The largest absolute Gasteiger partial charge is 0.454 e. The smallest absolute Gasteiger partial charge is 0.315 e. The summed E-state index contributed by atoms with van der Waals surface area (Å²) in [6.45, 7) is 5.82. The molecular weight excluding hydrogens is 368 g/mol. The van der Waals surface area contributed by atoms with Crippen LogP contribution in [0.4, 0.5) is 4.79 Å². The number of ether oxygens (including phenoxy) is 2. The van der Waals surface area contributed by atoms with Gasteiger partial charge in [-0.2, -0.15) is 5.10 Å². The van der Waals surface area contributed by atoms with E-state index in [4.69, 9.17) is 9.47 Å². The van der Waals surface area contributed by atoms with Crippen LogP contribution in [0, 0.1) is 13.8 Å². The molecule has 0 unspecified atom stereocenters. The highest BCUT2D eigenvalue weighted by Crippen LogP contribution is 2.32. The lowest BCUT2D eigenvalue weighted by molar-refractivity contribution is 0.174. The van der Waals surface area contributed by atoms with Crippen LogP contribution in [0.3, 0.4) is 0 Å². The van der Waals surface area contributed by atoms with Crippen molar-refractivity contribution < 1.29 is 14.3 Å². The van der Waals surface area contributed by atoms with E-state index in [9.17, 15) is 4.79 Å². The fraction of sp³-hybridized carbons (Fsp3) is 0.273. The fourth-order valence-corrected chi connectivity index (χ4v) is 3.51. The highest BCUT2D eigenvalue weighted by atomic mass is 16.7. The molecule has 2 N–H and O–H groups in total. The summed E-state index contributed by atoms with van der Waals surface area (Å²) in [5.41, 5.74) is 5.34. The van der Waals surface area contributed by atoms with Crippen molar-refractivity contribution in [3.05, 3.63) is 65.5 Å². The second kappa shape index (κ2) is 8.26. The Morgan fingerprint density at radius 2 is 1.86 bits per heavy atom. The molecule has 1 aliphatic rings. The number of fused-ring (bicyclic) bond motifs is 1. The first-order valence-corrected chi connectivity index (χ1v) is 9.61. The van der Waals surface area contributed by atoms with Crippen molar-refractivity contribution in [3.63, 3.8) is 0 Å². The predicted molar refractivity (Wildman–Crippen MR) is 110 cm³/mol. The predicted octanol–water partition coefficient (Wildman–Crippen LogP) is 3.40. The lowest BCUT2D eigenvalue weighted by atomic mass is 10.0. The Kier molecular flexibility index (Phi) is 5.37. The third-order valence-electron chi connectivity index (χ3n) is 4.94. The fourth-order valence-electron chi connectivity index (χ4n) is 3.51. The number of nitrogens with one attached hydrogen (secondary N) is 2. The van der Waals surface area contributed by atoms with Crippen LogP contribution in [0.5, 0.6) is 11.5 Å². The van der Waals surface area contributed by atoms with Gasteiger partial charge in [0.2, 0.25) is 6.79 Å². The minimum atomic E-state index is -0.215. The molecule has 3 aromatic rings. The molecule has 0 atom stereocenters. The average Bonchev–Trinajstić information content (AvgIpc) is 3.30. The van der Waals surface area contributed by atoms with E-state index in [0.29, 0.717) is 25.4 Å². The van der Waals surface area contributed by atoms with E-state index in [1.165, 1.54) is 0 Å². The second-order valence-corrected chi connectivity index (χ2v) is 6.93.